The Balaban J connectivity index is 1.87. The zero-order valence-electron chi connectivity index (χ0n) is 30.0. The maximum absolute atomic E-state index is 13.0. The minimum Gasteiger partial charge on any atom is -0.505 e. The third-order valence-electron chi connectivity index (χ3n) is 7.42. The minimum absolute atomic E-state index is 0.0305. The minimum atomic E-state index is -5.21. The fourth-order valence-electron chi connectivity index (χ4n) is 4.81. The fraction of sp³-hybridized carbons (Fsp3) is 0.214. The summed E-state index contributed by atoms with van der Waals surface area (Å²) < 4.78 is 146. The molecule has 0 aliphatic rings. The third kappa shape index (κ3) is 12.4. The van der Waals surface area contributed by atoms with E-state index in [4.69, 9.17) is 34.5 Å². The summed E-state index contributed by atoms with van der Waals surface area (Å²) in [4.78, 5) is -2.01. The van der Waals surface area contributed by atoms with Gasteiger partial charge in [0, 0.05) is 5.39 Å². The fourth-order valence-corrected chi connectivity index (χ4v) is 8.92. The average molecular weight is 964 g/mol. The molecule has 0 saturated heterocycles. The molecule has 60 heavy (non-hydrogen) atoms. The monoisotopic (exact) mass is 963 g/mol. The number of phenols is 1. The second-order valence-electron chi connectivity index (χ2n) is 11.0. The van der Waals surface area contributed by atoms with Crippen molar-refractivity contribution in [3.8, 4) is 17.2 Å². The molecule has 4 aromatic carbocycles. The Hall–Kier alpha value is -4.36. The molecule has 4 rings (SSSR count). The highest BCUT2D eigenvalue weighted by atomic mass is 32.3. The van der Waals surface area contributed by atoms with Crippen molar-refractivity contribution in [1.29, 1.82) is 0 Å². The molecule has 0 aliphatic carbocycles. The Morgan fingerprint density at radius 2 is 1.23 bits per heavy atom. The molecule has 0 radical (unpaired) electrons. The number of sulfone groups is 2. The molecule has 0 saturated carbocycles. The summed E-state index contributed by atoms with van der Waals surface area (Å²) in [5.41, 5.74) is 4.19. The molecule has 26 nitrogen and oxygen atoms in total. The van der Waals surface area contributed by atoms with E-state index in [0.717, 1.165) is 36.4 Å². The van der Waals surface area contributed by atoms with Crippen LogP contribution in [-0.4, -0.2) is 97.3 Å². The zero-order valence-corrected chi connectivity index (χ0v) is 34.9. The second-order valence-corrected chi connectivity index (χ2v) is 18.9. The number of ether oxygens (including phenoxy) is 2. The van der Waals surface area contributed by atoms with Gasteiger partial charge in [-0.1, -0.05) is 10.1 Å². The van der Waals surface area contributed by atoms with Gasteiger partial charge in [0.25, 0.3) is 10.1 Å². The van der Waals surface area contributed by atoms with Crippen LogP contribution in [0.1, 0.15) is 0 Å². The maximum atomic E-state index is 13.0. The van der Waals surface area contributed by atoms with E-state index >= 15 is 0 Å². The van der Waals surface area contributed by atoms with Crippen LogP contribution in [0.4, 0.5) is 28.4 Å². The van der Waals surface area contributed by atoms with Crippen LogP contribution in [0, 0.1) is 0 Å². The number of nitrogens with two attached hydrogens (primary N) is 1. The molecule has 32 heteroatoms. The van der Waals surface area contributed by atoms with Crippen molar-refractivity contribution in [2.75, 3.05) is 44.7 Å². The van der Waals surface area contributed by atoms with Crippen molar-refractivity contribution in [2.45, 2.75) is 19.6 Å². The SMILES string of the molecule is COc1ccc(S(=O)(=O)CCOS(=O)(=O)O)cc1N=Nc1cc(S(=O)(=O)O)c2cc(SOOO)c(N=Nc3cc(S(=O)(=O)CCOSOOO)ccc3OC)c(O)c2c1N. The smallest absolute Gasteiger partial charge is 0.397 e. The van der Waals surface area contributed by atoms with Crippen molar-refractivity contribution in [1.82, 2.24) is 0 Å². The normalized spacial score (nSPS) is 12.8. The molecule has 4 aromatic rings. The molecule has 0 aromatic heterocycles. The molecule has 0 unspecified atom stereocenters. The molecule has 0 bridgehead atoms. The molecular weight excluding hydrogens is 935 g/mol. The largest absolute Gasteiger partial charge is 0.505 e. The van der Waals surface area contributed by atoms with Crippen LogP contribution >= 0.6 is 24.4 Å². The van der Waals surface area contributed by atoms with Gasteiger partial charge in [-0.15, -0.1) is 29.1 Å². The van der Waals surface area contributed by atoms with E-state index in [-0.39, 0.29) is 57.0 Å². The van der Waals surface area contributed by atoms with Crippen LogP contribution < -0.4 is 15.2 Å². The summed E-state index contributed by atoms with van der Waals surface area (Å²) >= 11 is 0.314. The van der Waals surface area contributed by atoms with Gasteiger partial charge in [-0.25, -0.2) is 31.5 Å². The number of phenolic OH excluding ortho intramolecular Hbond substituents is 1. The first kappa shape index (κ1) is 48.3. The van der Waals surface area contributed by atoms with Gasteiger partial charge in [0.05, 0.1) is 76.7 Å². The first-order valence-corrected chi connectivity index (χ1v) is 23.0. The molecule has 0 aliphatic heterocycles. The third-order valence-corrected chi connectivity index (χ3v) is 13.1. The van der Waals surface area contributed by atoms with E-state index in [1.165, 1.54) is 26.4 Å². The van der Waals surface area contributed by atoms with Crippen molar-refractivity contribution < 1.29 is 95.0 Å². The number of hydrogen-bond donors (Lipinski definition) is 6. The van der Waals surface area contributed by atoms with Gasteiger partial charge in [0.2, 0.25) is 0 Å². The molecule has 0 heterocycles. The number of fused-ring (bicyclic) bond motifs is 1. The van der Waals surface area contributed by atoms with Gasteiger partial charge in [0.15, 0.2) is 37.7 Å². The number of azo groups is 2. The van der Waals surface area contributed by atoms with Gasteiger partial charge in [-0.05, 0) is 48.5 Å². The number of hydrogen-bond acceptors (Lipinski definition) is 26. The van der Waals surface area contributed by atoms with E-state index in [0.29, 0.717) is 0 Å². The van der Waals surface area contributed by atoms with Gasteiger partial charge < -0.3 is 20.3 Å². The molecule has 0 atom stereocenters. The standard InChI is InChI=1S/C28H29N5O21S6/c1-47-21-5-4-16(58(39,40)10-8-50-60(44,45)46)11-18(21)30-32-20-14-24(59(41,42)43)17-13-23(55-53-51-35)27(28(34)25(17)26(20)29)33-31-19-12-15(3-6-22(19)48-2)57(37,38)9-7-49-56-54-52-36/h3-6,11-14,34-36H,7-10,29H2,1-2H3,(H,41,42,43)(H,44,45,46). The highest BCUT2D eigenvalue weighted by Crippen LogP contribution is 2.50. The highest BCUT2D eigenvalue weighted by Gasteiger charge is 2.26. The second kappa shape index (κ2) is 20.5. The van der Waals surface area contributed by atoms with Crippen molar-refractivity contribution >= 4 is 104 Å². The lowest BCUT2D eigenvalue weighted by molar-refractivity contribution is -0.434. The Kier molecular flexibility index (Phi) is 16.5. The Morgan fingerprint density at radius 3 is 1.75 bits per heavy atom. The Labute approximate surface area is 347 Å². The molecule has 328 valence electrons. The van der Waals surface area contributed by atoms with Gasteiger partial charge in [0.1, 0.15) is 39.1 Å². The first-order chi connectivity index (χ1) is 28.2. The van der Waals surface area contributed by atoms with E-state index in [1.807, 2.05) is 0 Å². The highest BCUT2D eigenvalue weighted by molar-refractivity contribution is 7.94. The molecular formula is C28H29N5O21S6. The number of rotatable bonds is 22. The average Bonchev–Trinajstić information content (AvgIpc) is 3.17. The number of methoxy groups -OCH3 is 2. The molecule has 0 fully saturated rings. The van der Waals surface area contributed by atoms with Gasteiger partial charge in [-0.3, -0.25) is 13.3 Å². The molecule has 0 amide bonds. The number of nitrogens with zero attached hydrogens (tertiary/aromatic N) is 4. The van der Waals surface area contributed by atoms with Crippen LogP contribution in [0.3, 0.4) is 0 Å². The zero-order chi connectivity index (χ0) is 44.5. The molecule has 0 spiro atoms. The summed E-state index contributed by atoms with van der Waals surface area (Å²) in [6, 6.07) is 8.32. The van der Waals surface area contributed by atoms with Gasteiger partial charge >= 0.3 is 10.4 Å². The lowest BCUT2D eigenvalue weighted by atomic mass is 10.0. The van der Waals surface area contributed by atoms with Crippen molar-refractivity contribution in [3.05, 3.63) is 48.5 Å². The quantitative estimate of drug-likeness (QED) is 0.0114. The Bertz CT molecular complexity index is 2740. The number of benzene rings is 4. The van der Waals surface area contributed by atoms with Crippen LogP contribution in [0.15, 0.2) is 88.6 Å². The van der Waals surface area contributed by atoms with Crippen LogP contribution in [0.2, 0.25) is 0 Å². The summed E-state index contributed by atoms with van der Waals surface area (Å²) in [6.07, 6.45) is 0. The van der Waals surface area contributed by atoms with Crippen LogP contribution in [-0.2, 0) is 67.3 Å². The number of anilines is 1. The van der Waals surface area contributed by atoms with Gasteiger partial charge in [-0.2, -0.15) is 16.8 Å². The van der Waals surface area contributed by atoms with Crippen LogP contribution in [0.25, 0.3) is 10.8 Å². The molecule has 7 N–H and O–H groups in total. The Morgan fingerprint density at radius 1 is 0.700 bits per heavy atom. The van der Waals surface area contributed by atoms with Crippen molar-refractivity contribution in [2.24, 2.45) is 20.5 Å². The van der Waals surface area contributed by atoms with Crippen molar-refractivity contribution in [3.63, 3.8) is 0 Å². The van der Waals surface area contributed by atoms with Crippen LogP contribution in [0.5, 0.6) is 17.2 Å². The predicted octanol–water partition coefficient (Wildman–Crippen LogP) is 5.02. The number of aromatic hydroxyl groups is 1. The summed E-state index contributed by atoms with van der Waals surface area (Å²) in [7, 11) is -16.1. The summed E-state index contributed by atoms with van der Waals surface area (Å²) in [6.45, 7) is -1.37. The summed E-state index contributed by atoms with van der Waals surface area (Å²) in [5.74, 6) is -2.57. The van der Waals surface area contributed by atoms with E-state index in [9.17, 15) is 43.3 Å². The van der Waals surface area contributed by atoms with E-state index in [1.54, 1.807) is 0 Å². The topological polar surface area (TPSA) is 387 Å². The first-order valence-electron chi connectivity index (χ1n) is 15.4. The van der Waals surface area contributed by atoms with E-state index in [2.05, 4.69) is 43.4 Å². The summed E-state index contributed by atoms with van der Waals surface area (Å²) in [5, 5.41) is 50.4. The van der Waals surface area contributed by atoms with E-state index < -0.39 is 108 Å². The number of nitrogen functional groups attached to an aromatic ring is 1. The predicted molar refractivity (Wildman–Crippen MR) is 205 cm³/mol. The lowest BCUT2D eigenvalue weighted by Crippen LogP contribution is -2.15. The maximum Gasteiger partial charge on any atom is 0.397 e. The lowest BCUT2D eigenvalue weighted by Gasteiger charge is -2.15.